The number of pyridine rings is 2. The molecule has 0 aliphatic rings. The number of fused-ring (bicyclic) bond motifs is 1. The van der Waals surface area contributed by atoms with Gasteiger partial charge in [-0.1, -0.05) is 18.5 Å². The van der Waals surface area contributed by atoms with Crippen molar-refractivity contribution in [3.63, 3.8) is 0 Å². The zero-order valence-corrected chi connectivity index (χ0v) is 15.2. The molecule has 120 valence electrons. The lowest BCUT2D eigenvalue weighted by atomic mass is 10.0. The summed E-state index contributed by atoms with van der Waals surface area (Å²) in [5.74, 6) is 0. The molecule has 0 saturated heterocycles. The van der Waals surface area contributed by atoms with Crippen molar-refractivity contribution < 1.29 is 4.55 Å². The Morgan fingerprint density at radius 2 is 1.95 bits per heavy atom. The summed E-state index contributed by atoms with van der Waals surface area (Å²) in [6.07, 6.45) is 4.40. The minimum absolute atomic E-state index is 0.0471. The van der Waals surface area contributed by atoms with Crippen molar-refractivity contribution in [3.05, 3.63) is 34.9 Å². The molecule has 2 atom stereocenters. The highest BCUT2D eigenvalue weighted by Gasteiger charge is 2.30. The molecule has 2 rings (SSSR count). The van der Waals surface area contributed by atoms with Crippen LogP contribution in [-0.4, -0.2) is 19.3 Å². The highest BCUT2D eigenvalue weighted by atomic mass is 35.5. The number of hydrogen-bond donors (Lipinski definition) is 1. The van der Waals surface area contributed by atoms with Gasteiger partial charge in [0.15, 0.2) is 0 Å². The van der Waals surface area contributed by atoms with Gasteiger partial charge in [0.2, 0.25) is 0 Å². The molecular formula is C16H22ClN3OS. The summed E-state index contributed by atoms with van der Waals surface area (Å²) < 4.78 is 15.3. The van der Waals surface area contributed by atoms with Crippen molar-refractivity contribution in [3.8, 4) is 0 Å². The zero-order chi connectivity index (χ0) is 16.5. The molecule has 0 aliphatic heterocycles. The van der Waals surface area contributed by atoms with Crippen LogP contribution in [0.2, 0.25) is 5.15 Å². The summed E-state index contributed by atoms with van der Waals surface area (Å²) in [4.78, 5) is 8.59. The Bertz CT molecular complexity index is 672. The molecule has 2 aromatic rings. The van der Waals surface area contributed by atoms with Crippen LogP contribution in [0.3, 0.4) is 0 Å². The number of aryl methyl sites for hydroxylation is 1. The van der Waals surface area contributed by atoms with Gasteiger partial charge in [0.1, 0.15) is 9.90 Å². The summed E-state index contributed by atoms with van der Waals surface area (Å²) in [7, 11) is 0. The van der Waals surface area contributed by atoms with Crippen molar-refractivity contribution in [1.82, 2.24) is 14.7 Å². The molecular weight excluding hydrogens is 318 g/mol. The van der Waals surface area contributed by atoms with E-state index in [1.54, 1.807) is 6.20 Å². The Hall–Kier alpha value is -0.880. The summed E-state index contributed by atoms with van der Waals surface area (Å²) in [5, 5.41) is 2.44. The number of hydrogen-bond acceptors (Lipinski definition) is 4. The van der Waals surface area contributed by atoms with E-state index < -0.39 is 11.4 Å². The van der Waals surface area contributed by atoms with E-state index in [1.165, 1.54) is 0 Å². The van der Waals surface area contributed by atoms with Crippen LogP contribution in [0.1, 0.15) is 51.4 Å². The summed E-state index contributed by atoms with van der Waals surface area (Å²) in [6, 6.07) is 1.81. The topological polar surface area (TPSA) is 60.9 Å². The number of rotatable bonds is 4. The third-order valence-electron chi connectivity index (χ3n) is 3.56. The van der Waals surface area contributed by atoms with Gasteiger partial charge >= 0.3 is 0 Å². The first-order chi connectivity index (χ1) is 10.2. The van der Waals surface area contributed by atoms with Crippen LogP contribution in [0.4, 0.5) is 0 Å². The maximum atomic E-state index is 12.4. The summed E-state index contributed by atoms with van der Waals surface area (Å²) in [6.45, 7) is 9.87. The lowest BCUT2D eigenvalue weighted by Gasteiger charge is -2.28. The van der Waals surface area contributed by atoms with Crippen LogP contribution in [0.15, 0.2) is 18.5 Å². The van der Waals surface area contributed by atoms with Crippen LogP contribution in [0, 0.1) is 6.92 Å². The number of aromatic nitrogens is 2. The Labute approximate surface area is 140 Å². The van der Waals surface area contributed by atoms with E-state index in [0.717, 1.165) is 28.5 Å². The third kappa shape index (κ3) is 3.71. The number of halogens is 1. The maximum Gasteiger partial charge on any atom is 0.136 e. The van der Waals surface area contributed by atoms with Crippen molar-refractivity contribution in [1.29, 1.82) is 0 Å². The summed E-state index contributed by atoms with van der Waals surface area (Å²) in [5.41, 5.74) is 1.92. The van der Waals surface area contributed by atoms with Gasteiger partial charge in [-0.3, -0.25) is 4.98 Å². The highest BCUT2D eigenvalue weighted by Crippen LogP contribution is 2.30. The zero-order valence-electron chi connectivity index (χ0n) is 13.6. The second-order valence-corrected chi connectivity index (χ2v) is 8.70. The second-order valence-electron chi connectivity index (χ2n) is 6.31. The first-order valence-corrected chi connectivity index (χ1v) is 8.85. The van der Waals surface area contributed by atoms with Gasteiger partial charge in [-0.25, -0.2) is 4.98 Å². The van der Waals surface area contributed by atoms with Crippen LogP contribution >= 0.6 is 11.6 Å². The van der Waals surface area contributed by atoms with E-state index in [4.69, 9.17) is 11.6 Å². The summed E-state index contributed by atoms with van der Waals surface area (Å²) >= 11 is 4.91. The first kappa shape index (κ1) is 17.5. The average molecular weight is 340 g/mol. The van der Waals surface area contributed by atoms with E-state index in [1.807, 2.05) is 40.0 Å². The van der Waals surface area contributed by atoms with Crippen LogP contribution in [0.5, 0.6) is 0 Å². The second kappa shape index (κ2) is 6.71. The molecule has 0 fully saturated rings. The molecule has 0 aliphatic carbocycles. The fraction of sp³-hybridized carbons (Fsp3) is 0.500. The Morgan fingerprint density at radius 3 is 2.55 bits per heavy atom. The van der Waals surface area contributed by atoms with Crippen molar-refractivity contribution >= 4 is 33.7 Å². The van der Waals surface area contributed by atoms with Crippen molar-refractivity contribution in [2.45, 2.75) is 51.8 Å². The molecule has 0 aromatic carbocycles. The Kier molecular flexibility index (Phi) is 5.33. The molecule has 2 aromatic heterocycles. The van der Waals surface area contributed by atoms with Gasteiger partial charge in [-0.15, -0.1) is 4.72 Å². The molecule has 22 heavy (non-hydrogen) atoms. The minimum atomic E-state index is -1.15. The molecule has 0 spiro atoms. The number of nitrogens with zero attached hydrogens (tertiary/aromatic N) is 2. The van der Waals surface area contributed by atoms with E-state index in [-0.39, 0.29) is 10.8 Å². The van der Waals surface area contributed by atoms with Gasteiger partial charge in [0.05, 0.1) is 6.04 Å². The fourth-order valence-electron chi connectivity index (χ4n) is 2.21. The quantitative estimate of drug-likeness (QED) is 0.673. The minimum Gasteiger partial charge on any atom is -0.598 e. The number of nitrogens with one attached hydrogen (secondary N) is 1. The normalized spacial score (nSPS) is 15.0. The molecule has 6 heteroatoms. The van der Waals surface area contributed by atoms with E-state index >= 15 is 0 Å². The van der Waals surface area contributed by atoms with Crippen LogP contribution in [0.25, 0.3) is 10.8 Å². The SMILES string of the molecule is CCC(N[S@@+]([O-])C(C)(C)C)c1cnc(C)c2cnc(Cl)cc12. The molecule has 0 saturated carbocycles. The molecule has 2 heterocycles. The fourth-order valence-corrected chi connectivity index (χ4v) is 3.28. The molecule has 0 amide bonds. The van der Waals surface area contributed by atoms with Gasteiger partial charge in [0.25, 0.3) is 0 Å². The van der Waals surface area contributed by atoms with Crippen molar-refractivity contribution in [2.75, 3.05) is 0 Å². The predicted octanol–water partition coefficient (Wildman–Crippen LogP) is 4.09. The Morgan fingerprint density at radius 1 is 1.27 bits per heavy atom. The maximum absolute atomic E-state index is 12.4. The molecule has 1 unspecified atom stereocenters. The van der Waals surface area contributed by atoms with Gasteiger partial charge < -0.3 is 4.55 Å². The van der Waals surface area contributed by atoms with E-state index in [0.29, 0.717) is 5.15 Å². The van der Waals surface area contributed by atoms with Crippen LogP contribution < -0.4 is 4.72 Å². The Balaban J connectivity index is 2.47. The molecule has 4 nitrogen and oxygen atoms in total. The predicted molar refractivity (Wildman–Crippen MR) is 93.3 cm³/mol. The van der Waals surface area contributed by atoms with Gasteiger partial charge in [-0.2, -0.15) is 0 Å². The smallest absolute Gasteiger partial charge is 0.136 e. The third-order valence-corrected chi connectivity index (χ3v) is 5.38. The highest BCUT2D eigenvalue weighted by molar-refractivity contribution is 7.90. The lowest BCUT2D eigenvalue weighted by molar-refractivity contribution is 0.519. The van der Waals surface area contributed by atoms with Gasteiger partial charge in [-0.05, 0) is 51.1 Å². The van der Waals surface area contributed by atoms with Crippen molar-refractivity contribution in [2.24, 2.45) is 0 Å². The molecule has 1 N–H and O–H groups in total. The largest absolute Gasteiger partial charge is 0.598 e. The van der Waals surface area contributed by atoms with E-state index in [9.17, 15) is 4.55 Å². The van der Waals surface area contributed by atoms with E-state index in [2.05, 4.69) is 21.6 Å². The lowest BCUT2D eigenvalue weighted by Crippen LogP contribution is -2.41. The van der Waals surface area contributed by atoms with Gasteiger partial charge in [0, 0.05) is 34.8 Å². The average Bonchev–Trinajstić information content (AvgIpc) is 2.44. The monoisotopic (exact) mass is 339 g/mol. The molecule has 0 bridgehead atoms. The first-order valence-electron chi connectivity index (χ1n) is 7.32. The molecule has 0 radical (unpaired) electrons. The standard InChI is InChI=1S/C16H22ClN3OS/c1-6-14(20-22(21)16(3,4)5)13-9-18-10(2)12-8-19-15(17)7-11(12)13/h7-9,14,20H,6H2,1-5H3/t14?,22-/m0/s1. The van der Waals surface area contributed by atoms with Crippen LogP contribution in [-0.2, 0) is 11.4 Å².